The molecule has 0 heterocycles. The Labute approximate surface area is 239 Å². The Bertz CT molecular complexity index is 813. The van der Waals surface area contributed by atoms with Crippen LogP contribution in [-0.4, -0.2) is 10.6 Å². The second kappa shape index (κ2) is 17.7. The van der Waals surface area contributed by atoms with Crippen LogP contribution < -0.4 is 39.9 Å². The summed E-state index contributed by atoms with van der Waals surface area (Å²) in [6.45, 7) is 0. The minimum absolute atomic E-state index is 0. The molecule has 0 aromatic heterocycles. The third-order valence-corrected chi connectivity index (χ3v) is 11.5. The molecule has 0 unspecified atom stereocenters. The van der Waals surface area contributed by atoms with E-state index in [0.717, 1.165) is 6.16 Å². The van der Waals surface area contributed by atoms with Crippen molar-refractivity contribution >= 4 is 45.8 Å². The summed E-state index contributed by atoms with van der Waals surface area (Å²) in [6.07, 6.45) is 18.4. The van der Waals surface area contributed by atoms with Crippen LogP contribution >= 0.6 is 29.9 Å². The largest absolute Gasteiger partial charge is 1.00 e. The second-order valence-electron chi connectivity index (χ2n) is 8.78. The number of hydrogen-bond acceptors (Lipinski definition) is 0. The van der Waals surface area contributed by atoms with Gasteiger partial charge in [0.15, 0.2) is 0 Å². The predicted molar refractivity (Wildman–Crippen MR) is 160 cm³/mol. The van der Waals surface area contributed by atoms with Crippen LogP contribution in [0.25, 0.3) is 0 Å². The molecule has 0 bridgehead atoms. The summed E-state index contributed by atoms with van der Waals surface area (Å²) in [5.41, 5.74) is 0. The van der Waals surface area contributed by atoms with Crippen molar-refractivity contribution < 1.29 is 24.0 Å². The highest BCUT2D eigenvalue weighted by Crippen LogP contribution is 2.55. The Morgan fingerprint density at radius 3 is 1.29 bits per heavy atom. The molecular formula is C31H39I2P. The van der Waals surface area contributed by atoms with Gasteiger partial charge in [-0.3, -0.25) is 0 Å². The van der Waals surface area contributed by atoms with Crippen molar-refractivity contribution in [2.24, 2.45) is 0 Å². The maximum absolute atomic E-state index is 2.49. The first kappa shape index (κ1) is 29.5. The molecule has 182 valence electrons. The first-order chi connectivity index (χ1) is 16.4. The highest BCUT2D eigenvalue weighted by atomic mass is 127. The van der Waals surface area contributed by atoms with Gasteiger partial charge in [-0.25, -0.2) is 0 Å². The van der Waals surface area contributed by atoms with Crippen molar-refractivity contribution in [3.05, 3.63) is 103 Å². The normalized spacial score (nSPS) is 11.4. The Morgan fingerprint density at radius 1 is 0.500 bits per heavy atom. The van der Waals surface area contributed by atoms with Crippen molar-refractivity contribution in [3.63, 3.8) is 0 Å². The van der Waals surface area contributed by atoms with Crippen LogP contribution in [0.1, 0.15) is 57.8 Å². The molecule has 3 rings (SSSR count). The van der Waals surface area contributed by atoms with Gasteiger partial charge in [0.05, 0.1) is 6.16 Å². The zero-order chi connectivity index (χ0) is 23.0. The second-order valence-corrected chi connectivity index (χ2v) is 13.4. The standard InChI is InChI=1S/C31H39IP.HI/c32-27-19-8-6-4-2-1-3-5-7-9-20-28-33(29-21-13-10-14-22-29,30-23-15-11-16-24-30)31-25-17-12-18-26-31;/h9-18,20-26H,1-8,19,27-28H2;1H/q+1;/p-1. The average Bonchev–Trinajstić information content (AvgIpc) is 2.89. The molecule has 0 amide bonds. The lowest BCUT2D eigenvalue weighted by atomic mass is 10.1. The van der Waals surface area contributed by atoms with Gasteiger partial charge in [0.2, 0.25) is 0 Å². The van der Waals surface area contributed by atoms with Gasteiger partial charge in [0.1, 0.15) is 23.2 Å². The molecule has 3 aromatic rings. The van der Waals surface area contributed by atoms with E-state index in [-0.39, 0.29) is 24.0 Å². The molecule has 0 aliphatic carbocycles. The number of halogens is 2. The van der Waals surface area contributed by atoms with Crippen molar-refractivity contribution in [3.8, 4) is 0 Å². The first-order valence-corrected chi connectivity index (χ1v) is 16.1. The van der Waals surface area contributed by atoms with E-state index in [1.165, 1.54) is 78.1 Å². The van der Waals surface area contributed by atoms with Crippen LogP contribution in [0.3, 0.4) is 0 Å². The minimum atomic E-state index is -1.72. The van der Waals surface area contributed by atoms with E-state index in [9.17, 15) is 0 Å². The van der Waals surface area contributed by atoms with Crippen LogP contribution in [0.4, 0.5) is 0 Å². The summed E-state index contributed by atoms with van der Waals surface area (Å²) in [4.78, 5) is 0. The Hall–Kier alpha value is -0.710. The summed E-state index contributed by atoms with van der Waals surface area (Å²) in [5, 5.41) is 4.40. The maximum atomic E-state index is 2.49. The van der Waals surface area contributed by atoms with Gasteiger partial charge in [0, 0.05) is 0 Å². The van der Waals surface area contributed by atoms with Crippen LogP contribution in [-0.2, 0) is 0 Å². The molecule has 0 atom stereocenters. The predicted octanol–water partition coefficient (Wildman–Crippen LogP) is 5.49. The SMILES string of the molecule is ICCCCCCCCCCC=CC[P+](c1ccccc1)(c1ccccc1)c1ccccc1.[I-]. The van der Waals surface area contributed by atoms with Gasteiger partial charge < -0.3 is 24.0 Å². The summed E-state index contributed by atoms with van der Waals surface area (Å²) in [7, 11) is -1.72. The Balaban J connectivity index is 0.00000408. The molecule has 0 saturated carbocycles. The lowest BCUT2D eigenvalue weighted by Crippen LogP contribution is -3.00. The average molecular weight is 696 g/mol. The summed E-state index contributed by atoms with van der Waals surface area (Å²) in [6, 6.07) is 33.6. The van der Waals surface area contributed by atoms with E-state index in [4.69, 9.17) is 0 Å². The van der Waals surface area contributed by atoms with E-state index >= 15 is 0 Å². The van der Waals surface area contributed by atoms with Crippen molar-refractivity contribution in [2.75, 3.05) is 10.6 Å². The molecule has 0 nitrogen and oxygen atoms in total. The molecule has 3 heteroatoms. The fourth-order valence-corrected chi connectivity index (χ4v) is 9.15. The van der Waals surface area contributed by atoms with Crippen LogP contribution in [0.5, 0.6) is 0 Å². The summed E-state index contributed by atoms with van der Waals surface area (Å²) in [5.74, 6) is 0. The zero-order valence-electron chi connectivity index (χ0n) is 20.3. The lowest BCUT2D eigenvalue weighted by Gasteiger charge is -2.26. The van der Waals surface area contributed by atoms with E-state index < -0.39 is 7.26 Å². The van der Waals surface area contributed by atoms with Crippen molar-refractivity contribution in [1.82, 2.24) is 0 Å². The number of unbranched alkanes of at least 4 members (excludes halogenated alkanes) is 8. The molecule has 0 fully saturated rings. The van der Waals surface area contributed by atoms with E-state index in [1.54, 1.807) is 0 Å². The maximum Gasteiger partial charge on any atom is 0.115 e. The van der Waals surface area contributed by atoms with Crippen molar-refractivity contribution in [2.45, 2.75) is 57.8 Å². The molecule has 0 spiro atoms. The lowest BCUT2D eigenvalue weighted by molar-refractivity contribution is -0.00000648. The number of rotatable bonds is 15. The minimum Gasteiger partial charge on any atom is -1.00 e. The van der Waals surface area contributed by atoms with Crippen LogP contribution in [0.15, 0.2) is 103 Å². The summed E-state index contributed by atoms with van der Waals surface area (Å²) >= 11 is 2.49. The number of hydrogen-bond donors (Lipinski definition) is 0. The molecule has 0 radical (unpaired) electrons. The topological polar surface area (TPSA) is 0 Å². The highest BCUT2D eigenvalue weighted by Gasteiger charge is 2.43. The molecule has 3 aromatic carbocycles. The van der Waals surface area contributed by atoms with Gasteiger partial charge in [-0.05, 0) is 60.1 Å². The molecule has 0 aliphatic heterocycles. The van der Waals surface area contributed by atoms with Gasteiger partial charge in [-0.15, -0.1) is 0 Å². The number of benzene rings is 3. The smallest absolute Gasteiger partial charge is 0.115 e. The molecular weight excluding hydrogens is 657 g/mol. The highest BCUT2D eigenvalue weighted by molar-refractivity contribution is 14.1. The number of alkyl halides is 1. The zero-order valence-corrected chi connectivity index (χ0v) is 25.5. The fraction of sp³-hybridized carbons (Fsp3) is 0.355. The molecule has 0 saturated heterocycles. The molecule has 0 N–H and O–H groups in total. The van der Waals surface area contributed by atoms with E-state index in [0.29, 0.717) is 0 Å². The quantitative estimate of drug-likeness (QED) is 0.0650. The van der Waals surface area contributed by atoms with Crippen LogP contribution in [0.2, 0.25) is 0 Å². The molecule has 0 aliphatic rings. The third kappa shape index (κ3) is 9.06. The Morgan fingerprint density at radius 2 is 0.882 bits per heavy atom. The van der Waals surface area contributed by atoms with E-state index in [1.807, 2.05) is 0 Å². The van der Waals surface area contributed by atoms with Crippen LogP contribution in [0, 0.1) is 0 Å². The summed E-state index contributed by atoms with van der Waals surface area (Å²) < 4.78 is 1.31. The number of allylic oxidation sites excluding steroid dienone is 2. The van der Waals surface area contributed by atoms with Crippen molar-refractivity contribution in [1.29, 1.82) is 0 Å². The van der Waals surface area contributed by atoms with E-state index in [2.05, 4.69) is 126 Å². The monoisotopic (exact) mass is 696 g/mol. The van der Waals surface area contributed by atoms with Gasteiger partial charge in [-0.2, -0.15) is 0 Å². The van der Waals surface area contributed by atoms with Gasteiger partial charge >= 0.3 is 0 Å². The van der Waals surface area contributed by atoms with Gasteiger partial charge in [0.25, 0.3) is 0 Å². The molecule has 34 heavy (non-hydrogen) atoms. The Kier molecular flexibility index (Phi) is 15.3. The fourth-order valence-electron chi connectivity index (χ4n) is 4.58. The third-order valence-electron chi connectivity index (χ3n) is 6.39. The van der Waals surface area contributed by atoms with Gasteiger partial charge in [-0.1, -0.05) is 128 Å². The first-order valence-electron chi connectivity index (χ1n) is 12.6.